The third-order valence-electron chi connectivity index (χ3n) is 9.29. The molecule has 1 aliphatic heterocycles. The molecule has 0 unspecified atom stereocenters. The number of benzene rings is 1. The maximum Gasteiger partial charge on any atom is 0.200 e. The summed E-state index contributed by atoms with van der Waals surface area (Å²) in [5, 5.41) is 11.0. The predicted molar refractivity (Wildman–Crippen MR) is 148 cm³/mol. The van der Waals surface area contributed by atoms with Crippen LogP contribution in [0, 0.1) is 22.2 Å². The van der Waals surface area contributed by atoms with E-state index in [1.165, 1.54) is 5.57 Å². The summed E-state index contributed by atoms with van der Waals surface area (Å²) >= 11 is 0. The molecule has 5 nitrogen and oxygen atoms in total. The van der Waals surface area contributed by atoms with Gasteiger partial charge in [0.15, 0.2) is 17.3 Å². The lowest BCUT2D eigenvalue weighted by atomic mass is 9.40. The summed E-state index contributed by atoms with van der Waals surface area (Å²) in [6.07, 6.45) is 5.11. The summed E-state index contributed by atoms with van der Waals surface area (Å²) in [5.41, 5.74) is -1.96. The van der Waals surface area contributed by atoms with Crippen LogP contribution >= 0.6 is 0 Å². The standard InChI is InChI=1S/C33H42O5/c1-20(2)14-15-23-18-32-19-24(31(7,8)37)38-28(32)25(26(34)22-12-10-9-11-13-22)27(35)33(29(32)36,30(23,5)6)17-16-21(3)4/h9-14,16,23-24,37H,15,17-19H2,1-8H3/t23-,24+,32+,33+/m1/s1. The van der Waals surface area contributed by atoms with Gasteiger partial charge in [-0.05, 0) is 72.1 Å². The molecule has 3 aliphatic rings. The van der Waals surface area contributed by atoms with Crippen molar-refractivity contribution in [3.63, 3.8) is 0 Å². The van der Waals surface area contributed by atoms with Crippen molar-refractivity contribution in [1.29, 1.82) is 0 Å². The van der Waals surface area contributed by atoms with Gasteiger partial charge in [-0.2, -0.15) is 0 Å². The van der Waals surface area contributed by atoms with Crippen molar-refractivity contribution in [2.24, 2.45) is 22.2 Å². The fourth-order valence-corrected chi connectivity index (χ4v) is 6.80. The number of carbonyl (C=O) groups is 3. The van der Waals surface area contributed by atoms with E-state index in [-0.39, 0.29) is 35.9 Å². The Kier molecular flexibility index (Phi) is 7.01. The largest absolute Gasteiger partial charge is 0.490 e. The van der Waals surface area contributed by atoms with E-state index >= 15 is 0 Å². The lowest BCUT2D eigenvalue weighted by Crippen LogP contribution is -2.66. The van der Waals surface area contributed by atoms with Crippen LogP contribution in [0.5, 0.6) is 0 Å². The predicted octanol–water partition coefficient (Wildman–Crippen LogP) is 6.57. The van der Waals surface area contributed by atoms with E-state index in [2.05, 4.69) is 19.9 Å². The van der Waals surface area contributed by atoms with Crippen LogP contribution < -0.4 is 0 Å². The Balaban J connectivity index is 2.06. The van der Waals surface area contributed by atoms with Gasteiger partial charge < -0.3 is 9.84 Å². The van der Waals surface area contributed by atoms with E-state index in [4.69, 9.17) is 4.74 Å². The second-order valence-electron chi connectivity index (χ2n) is 13.1. The molecule has 1 aromatic carbocycles. The number of Topliss-reactive ketones (excluding diaryl/α,β-unsaturated/α-hetero) is 3. The maximum atomic E-state index is 14.9. The van der Waals surface area contributed by atoms with Gasteiger partial charge in [0.1, 0.15) is 22.9 Å². The molecule has 2 aliphatic carbocycles. The molecule has 5 heteroatoms. The maximum absolute atomic E-state index is 14.9. The second-order valence-corrected chi connectivity index (χ2v) is 13.1. The normalized spacial score (nSPS) is 29.9. The van der Waals surface area contributed by atoms with Gasteiger partial charge in [-0.25, -0.2) is 0 Å². The minimum absolute atomic E-state index is 0.00264. The number of carbonyl (C=O) groups excluding carboxylic acids is 3. The van der Waals surface area contributed by atoms with Gasteiger partial charge in [-0.3, -0.25) is 14.4 Å². The van der Waals surface area contributed by atoms with Gasteiger partial charge >= 0.3 is 0 Å². The molecule has 2 fully saturated rings. The molecule has 1 spiro atoms. The van der Waals surface area contributed by atoms with Gasteiger partial charge in [0.2, 0.25) is 0 Å². The number of fused-ring (bicyclic) bond motifs is 1. The fourth-order valence-electron chi connectivity index (χ4n) is 6.80. The molecule has 4 atom stereocenters. The van der Waals surface area contributed by atoms with Crippen LogP contribution in [-0.4, -0.2) is 34.2 Å². The van der Waals surface area contributed by atoms with E-state index in [1.54, 1.807) is 38.1 Å². The van der Waals surface area contributed by atoms with E-state index < -0.39 is 39.5 Å². The minimum atomic E-state index is -1.41. The van der Waals surface area contributed by atoms with Crippen molar-refractivity contribution in [2.75, 3.05) is 0 Å². The van der Waals surface area contributed by atoms with Crippen LogP contribution in [0.3, 0.4) is 0 Å². The monoisotopic (exact) mass is 518 g/mol. The van der Waals surface area contributed by atoms with Crippen LogP contribution in [0.4, 0.5) is 0 Å². The summed E-state index contributed by atoms with van der Waals surface area (Å²) < 4.78 is 6.35. The number of hydrogen-bond acceptors (Lipinski definition) is 5. The molecular formula is C33H42O5. The molecule has 1 aromatic rings. The zero-order chi connectivity index (χ0) is 28.3. The molecule has 0 amide bonds. The third-order valence-corrected chi connectivity index (χ3v) is 9.29. The highest BCUT2D eigenvalue weighted by Crippen LogP contribution is 2.69. The molecule has 1 heterocycles. The molecule has 0 radical (unpaired) electrons. The Bertz CT molecular complexity index is 1250. The lowest BCUT2D eigenvalue weighted by Gasteiger charge is -2.59. The van der Waals surface area contributed by atoms with Gasteiger partial charge in [-0.15, -0.1) is 0 Å². The van der Waals surface area contributed by atoms with Crippen LogP contribution in [0.2, 0.25) is 0 Å². The summed E-state index contributed by atoms with van der Waals surface area (Å²) in [6.45, 7) is 15.4. The molecule has 2 bridgehead atoms. The number of hydrogen-bond donors (Lipinski definition) is 1. The van der Waals surface area contributed by atoms with Crippen LogP contribution in [0.25, 0.3) is 0 Å². The summed E-state index contributed by atoms with van der Waals surface area (Å²) in [5.74, 6) is -0.838. The van der Waals surface area contributed by atoms with Crippen LogP contribution in [-0.2, 0) is 14.3 Å². The average Bonchev–Trinajstić information content (AvgIpc) is 3.21. The molecule has 1 saturated heterocycles. The van der Waals surface area contributed by atoms with Crippen LogP contribution in [0.15, 0.2) is 65.0 Å². The Morgan fingerprint density at radius 3 is 2.18 bits per heavy atom. The number of aliphatic hydroxyl groups is 1. The van der Waals surface area contributed by atoms with Gasteiger partial charge in [0, 0.05) is 12.0 Å². The highest BCUT2D eigenvalue weighted by Gasteiger charge is 2.75. The Labute approximate surface area is 227 Å². The Morgan fingerprint density at radius 1 is 1.03 bits per heavy atom. The van der Waals surface area contributed by atoms with Gasteiger partial charge in [0.25, 0.3) is 0 Å². The zero-order valence-corrected chi connectivity index (χ0v) is 24.1. The number of allylic oxidation sites excluding steroid dienone is 6. The smallest absolute Gasteiger partial charge is 0.200 e. The molecule has 1 N–H and O–H groups in total. The molecular weight excluding hydrogens is 476 g/mol. The molecule has 0 aromatic heterocycles. The molecule has 38 heavy (non-hydrogen) atoms. The average molecular weight is 519 g/mol. The SMILES string of the molecule is CC(C)=CC[C@@H]1C[C@]23C[C@@H](C(C)(C)O)OC2=C(C(=O)c2ccccc2)C(=O)[C@@](CC=C(C)C)(C3=O)C1(C)C. The summed E-state index contributed by atoms with van der Waals surface area (Å²) in [7, 11) is 0. The second kappa shape index (κ2) is 9.44. The highest BCUT2D eigenvalue weighted by atomic mass is 16.5. The Hall–Kier alpha value is -2.79. The number of ether oxygens (including phenoxy) is 1. The Morgan fingerprint density at radius 2 is 1.63 bits per heavy atom. The van der Waals surface area contributed by atoms with Gasteiger partial charge in [0.05, 0.1) is 11.0 Å². The topological polar surface area (TPSA) is 80.7 Å². The van der Waals surface area contributed by atoms with Gasteiger partial charge in [-0.1, -0.05) is 67.5 Å². The molecule has 4 rings (SSSR count). The molecule has 204 valence electrons. The first-order chi connectivity index (χ1) is 17.6. The van der Waals surface area contributed by atoms with E-state index in [0.29, 0.717) is 12.0 Å². The van der Waals surface area contributed by atoms with Crippen molar-refractivity contribution in [3.8, 4) is 0 Å². The zero-order valence-electron chi connectivity index (χ0n) is 24.1. The molecule has 1 saturated carbocycles. The van der Waals surface area contributed by atoms with Crippen LogP contribution in [0.1, 0.15) is 91.4 Å². The van der Waals surface area contributed by atoms with Crippen molar-refractivity contribution in [3.05, 3.63) is 70.5 Å². The quantitative estimate of drug-likeness (QED) is 0.191. The van der Waals surface area contributed by atoms with Crippen molar-refractivity contribution in [1.82, 2.24) is 0 Å². The number of ketones is 3. The van der Waals surface area contributed by atoms with Crippen molar-refractivity contribution in [2.45, 2.75) is 92.8 Å². The first-order valence-electron chi connectivity index (χ1n) is 13.7. The number of rotatable bonds is 7. The first-order valence-corrected chi connectivity index (χ1v) is 13.7. The first kappa shape index (κ1) is 28.2. The summed E-state index contributed by atoms with van der Waals surface area (Å²) in [6, 6.07) is 8.73. The van der Waals surface area contributed by atoms with E-state index in [9.17, 15) is 19.5 Å². The lowest BCUT2D eigenvalue weighted by molar-refractivity contribution is -0.169. The highest BCUT2D eigenvalue weighted by molar-refractivity contribution is 6.35. The van der Waals surface area contributed by atoms with E-state index in [1.807, 2.05) is 39.8 Å². The summed E-state index contributed by atoms with van der Waals surface area (Å²) in [4.78, 5) is 43.7. The third kappa shape index (κ3) is 4.14. The minimum Gasteiger partial charge on any atom is -0.490 e. The van der Waals surface area contributed by atoms with E-state index in [0.717, 1.165) is 12.0 Å². The van der Waals surface area contributed by atoms with Crippen molar-refractivity contribution >= 4 is 17.3 Å². The van der Waals surface area contributed by atoms with Crippen molar-refractivity contribution < 1.29 is 24.2 Å². The fraction of sp³-hybridized carbons (Fsp3) is 0.545.